The predicted molar refractivity (Wildman–Crippen MR) is 103 cm³/mol. The zero-order chi connectivity index (χ0) is 21.1. The van der Waals surface area contributed by atoms with Crippen molar-refractivity contribution in [2.24, 2.45) is 0 Å². The molecule has 28 heavy (non-hydrogen) atoms. The molecule has 2 aromatic carbocycles. The third kappa shape index (κ3) is 5.72. The van der Waals surface area contributed by atoms with E-state index in [1.54, 1.807) is 24.3 Å². The van der Waals surface area contributed by atoms with Gasteiger partial charge in [0.15, 0.2) is 0 Å². The Morgan fingerprint density at radius 3 is 2.21 bits per heavy atom. The van der Waals surface area contributed by atoms with Crippen molar-refractivity contribution < 1.29 is 26.4 Å². The molecule has 2 rings (SSSR count). The molecule has 0 unspecified atom stereocenters. The highest BCUT2D eigenvalue weighted by atomic mass is 32.2. The van der Waals surface area contributed by atoms with Crippen molar-refractivity contribution in [2.75, 3.05) is 22.4 Å². The highest BCUT2D eigenvalue weighted by molar-refractivity contribution is 7.92. The van der Waals surface area contributed by atoms with Crippen molar-refractivity contribution >= 4 is 27.3 Å². The molecule has 0 atom stereocenters. The minimum atomic E-state index is -4.54. The molecule has 9 heteroatoms. The fourth-order valence-corrected chi connectivity index (χ4v) is 3.39. The molecule has 0 spiro atoms. The van der Waals surface area contributed by atoms with Gasteiger partial charge in [-0.25, -0.2) is 8.42 Å². The van der Waals surface area contributed by atoms with Gasteiger partial charge >= 0.3 is 6.18 Å². The second-order valence-electron chi connectivity index (χ2n) is 6.64. The minimum absolute atomic E-state index is 0.0663. The van der Waals surface area contributed by atoms with Gasteiger partial charge in [-0.2, -0.15) is 13.2 Å². The van der Waals surface area contributed by atoms with E-state index in [0.717, 1.165) is 34.3 Å². The summed E-state index contributed by atoms with van der Waals surface area (Å²) in [5.41, 5.74) is 0.328. The second-order valence-corrected chi connectivity index (χ2v) is 8.55. The molecule has 2 aromatic rings. The number of hydrogen-bond donors (Lipinski definition) is 1. The summed E-state index contributed by atoms with van der Waals surface area (Å²) in [5, 5.41) is 2.31. The van der Waals surface area contributed by atoms with Crippen molar-refractivity contribution in [3.63, 3.8) is 0 Å². The summed E-state index contributed by atoms with van der Waals surface area (Å²) in [5.74, 6) is -0.498. The number of benzene rings is 2. The quantitative estimate of drug-likeness (QED) is 0.769. The first kappa shape index (κ1) is 21.7. The van der Waals surface area contributed by atoms with Gasteiger partial charge in [0, 0.05) is 5.69 Å². The zero-order valence-electron chi connectivity index (χ0n) is 15.6. The van der Waals surface area contributed by atoms with Gasteiger partial charge in [-0.1, -0.05) is 32.0 Å². The summed E-state index contributed by atoms with van der Waals surface area (Å²) < 4.78 is 63.5. The summed E-state index contributed by atoms with van der Waals surface area (Å²) in [6.45, 7) is 3.42. The van der Waals surface area contributed by atoms with E-state index in [-0.39, 0.29) is 11.6 Å². The Morgan fingerprint density at radius 2 is 1.71 bits per heavy atom. The molecule has 152 valence electrons. The van der Waals surface area contributed by atoms with Crippen LogP contribution in [0.4, 0.5) is 24.5 Å². The molecule has 0 heterocycles. The molecule has 1 N–H and O–H groups in total. The molecule has 0 saturated carbocycles. The number of halogens is 3. The van der Waals surface area contributed by atoms with E-state index < -0.39 is 34.2 Å². The molecular weight excluding hydrogens is 393 g/mol. The van der Waals surface area contributed by atoms with Crippen LogP contribution in [0.2, 0.25) is 0 Å². The van der Waals surface area contributed by atoms with Crippen molar-refractivity contribution in [3.05, 3.63) is 59.7 Å². The number of anilines is 2. The average molecular weight is 414 g/mol. The monoisotopic (exact) mass is 414 g/mol. The van der Waals surface area contributed by atoms with E-state index in [0.29, 0.717) is 5.69 Å². The van der Waals surface area contributed by atoms with Crippen LogP contribution in [0.3, 0.4) is 0 Å². The van der Waals surface area contributed by atoms with E-state index in [2.05, 4.69) is 5.32 Å². The number of carbonyl (C=O) groups excluding carboxylic acids is 1. The molecule has 1 amide bonds. The average Bonchev–Trinajstić information content (AvgIpc) is 2.58. The number of alkyl halides is 3. The molecular formula is C19H21F3N2O3S. The number of nitrogens with zero attached hydrogens (tertiary/aromatic N) is 1. The Morgan fingerprint density at radius 1 is 1.11 bits per heavy atom. The third-order valence-corrected chi connectivity index (χ3v) is 5.15. The lowest BCUT2D eigenvalue weighted by Gasteiger charge is -2.22. The van der Waals surface area contributed by atoms with Crippen LogP contribution in [0.15, 0.2) is 48.5 Å². The van der Waals surface area contributed by atoms with Crippen molar-refractivity contribution in [2.45, 2.75) is 25.9 Å². The van der Waals surface area contributed by atoms with Gasteiger partial charge in [0.05, 0.1) is 17.5 Å². The Kier molecular flexibility index (Phi) is 6.38. The first-order valence-electron chi connectivity index (χ1n) is 8.42. The van der Waals surface area contributed by atoms with Crippen LogP contribution in [0.5, 0.6) is 0 Å². The molecule has 0 aromatic heterocycles. The number of carbonyl (C=O) groups is 1. The highest BCUT2D eigenvalue weighted by Crippen LogP contribution is 2.30. The number of hydrogen-bond acceptors (Lipinski definition) is 3. The van der Waals surface area contributed by atoms with E-state index in [4.69, 9.17) is 0 Å². The lowest BCUT2D eigenvalue weighted by atomic mass is 10.0. The van der Waals surface area contributed by atoms with Gasteiger partial charge in [-0.3, -0.25) is 9.10 Å². The molecule has 0 radical (unpaired) electrons. The van der Waals surface area contributed by atoms with Gasteiger partial charge in [0.25, 0.3) is 0 Å². The second kappa shape index (κ2) is 8.22. The fourth-order valence-electron chi connectivity index (χ4n) is 2.53. The molecule has 0 aliphatic carbocycles. The predicted octanol–water partition coefficient (Wildman–Crippen LogP) is 4.23. The van der Waals surface area contributed by atoms with Crippen LogP contribution in [-0.4, -0.2) is 27.1 Å². The fraction of sp³-hybridized carbons (Fsp3) is 0.316. The first-order chi connectivity index (χ1) is 12.9. The van der Waals surface area contributed by atoms with Gasteiger partial charge < -0.3 is 5.32 Å². The van der Waals surface area contributed by atoms with Crippen LogP contribution in [0, 0.1) is 0 Å². The van der Waals surface area contributed by atoms with Crippen LogP contribution >= 0.6 is 0 Å². The molecule has 0 aliphatic rings. The minimum Gasteiger partial charge on any atom is -0.325 e. The van der Waals surface area contributed by atoms with E-state index >= 15 is 0 Å². The van der Waals surface area contributed by atoms with Crippen molar-refractivity contribution in [1.29, 1.82) is 0 Å². The molecule has 0 aliphatic heterocycles. The summed E-state index contributed by atoms with van der Waals surface area (Å²) in [4.78, 5) is 12.3. The normalized spacial score (nSPS) is 12.1. The Labute approximate surface area is 162 Å². The van der Waals surface area contributed by atoms with Crippen LogP contribution < -0.4 is 9.62 Å². The Hall–Kier alpha value is -2.55. The van der Waals surface area contributed by atoms with Gasteiger partial charge in [0.2, 0.25) is 15.9 Å². The standard InChI is InChI=1S/C19H21F3N2O3S/c1-13(2)14-7-9-17(10-8-14)24(28(3,26)27)12-18(25)23-16-6-4-5-15(11-16)19(20,21)22/h4-11,13H,12H2,1-3H3,(H,23,25). The molecule has 0 bridgehead atoms. The maximum absolute atomic E-state index is 12.8. The summed E-state index contributed by atoms with van der Waals surface area (Å²) >= 11 is 0. The molecule has 5 nitrogen and oxygen atoms in total. The maximum atomic E-state index is 12.8. The summed E-state index contributed by atoms with van der Waals surface area (Å²) in [7, 11) is -3.78. The van der Waals surface area contributed by atoms with E-state index in [1.807, 2.05) is 13.8 Å². The Bertz CT molecular complexity index is 940. The van der Waals surface area contributed by atoms with E-state index in [1.165, 1.54) is 6.07 Å². The van der Waals surface area contributed by atoms with E-state index in [9.17, 15) is 26.4 Å². The number of nitrogens with one attached hydrogen (secondary N) is 1. The van der Waals surface area contributed by atoms with Gasteiger partial charge in [-0.05, 0) is 41.8 Å². The van der Waals surface area contributed by atoms with Gasteiger partial charge in [-0.15, -0.1) is 0 Å². The van der Waals surface area contributed by atoms with Gasteiger partial charge in [0.1, 0.15) is 6.54 Å². The van der Waals surface area contributed by atoms with Crippen molar-refractivity contribution in [3.8, 4) is 0 Å². The zero-order valence-corrected chi connectivity index (χ0v) is 16.4. The van der Waals surface area contributed by atoms with Crippen LogP contribution in [-0.2, 0) is 21.0 Å². The maximum Gasteiger partial charge on any atom is 0.416 e. The number of sulfonamides is 1. The highest BCUT2D eigenvalue weighted by Gasteiger charge is 2.30. The van der Waals surface area contributed by atoms with Crippen LogP contribution in [0.25, 0.3) is 0 Å². The number of rotatable bonds is 6. The van der Waals surface area contributed by atoms with Crippen molar-refractivity contribution in [1.82, 2.24) is 0 Å². The first-order valence-corrected chi connectivity index (χ1v) is 10.3. The van der Waals surface area contributed by atoms with Crippen LogP contribution in [0.1, 0.15) is 30.9 Å². The molecule has 0 saturated heterocycles. The molecule has 0 fully saturated rings. The lowest BCUT2D eigenvalue weighted by molar-refractivity contribution is -0.137. The number of amides is 1. The Balaban J connectivity index is 2.20. The summed E-state index contributed by atoms with van der Waals surface area (Å²) in [6.07, 6.45) is -3.58. The third-order valence-electron chi connectivity index (χ3n) is 4.01. The smallest absolute Gasteiger partial charge is 0.325 e. The summed E-state index contributed by atoms with van der Waals surface area (Å²) in [6, 6.07) is 10.9. The topological polar surface area (TPSA) is 66.5 Å². The largest absolute Gasteiger partial charge is 0.416 e. The lowest BCUT2D eigenvalue weighted by Crippen LogP contribution is -2.37. The SMILES string of the molecule is CC(C)c1ccc(N(CC(=O)Nc2cccc(C(F)(F)F)c2)S(C)(=O)=O)cc1.